The first-order chi connectivity index (χ1) is 16.7. The van der Waals surface area contributed by atoms with E-state index in [9.17, 15) is 37.1 Å². The van der Waals surface area contributed by atoms with Gasteiger partial charge in [-0.15, -0.1) is 0 Å². The first-order valence-electron chi connectivity index (χ1n) is 10.7. The molecule has 0 saturated carbocycles. The van der Waals surface area contributed by atoms with E-state index in [2.05, 4.69) is 5.32 Å². The van der Waals surface area contributed by atoms with E-state index in [-0.39, 0.29) is 12.2 Å². The molecule has 1 atom stereocenters. The van der Waals surface area contributed by atoms with Gasteiger partial charge in [-0.3, -0.25) is 14.4 Å². The quantitative estimate of drug-likeness (QED) is 0.556. The minimum absolute atomic E-state index is 0.123. The van der Waals surface area contributed by atoms with Gasteiger partial charge in [0.1, 0.15) is 28.8 Å². The first kappa shape index (κ1) is 22.6. The van der Waals surface area contributed by atoms with Crippen molar-refractivity contribution in [1.29, 1.82) is 0 Å². The van der Waals surface area contributed by atoms with Gasteiger partial charge in [-0.2, -0.15) is 0 Å². The van der Waals surface area contributed by atoms with Gasteiger partial charge in [0.15, 0.2) is 11.4 Å². The highest BCUT2D eigenvalue weighted by atomic mass is 19.1. The number of amides is 2. The van der Waals surface area contributed by atoms with Crippen molar-refractivity contribution in [2.75, 3.05) is 11.4 Å². The fourth-order valence-corrected chi connectivity index (χ4v) is 4.56. The maximum absolute atomic E-state index is 13.9. The van der Waals surface area contributed by atoms with Gasteiger partial charge < -0.3 is 19.9 Å². The highest BCUT2D eigenvalue weighted by Crippen LogP contribution is 2.37. The number of pyridine rings is 1. The molecule has 2 amide bonds. The van der Waals surface area contributed by atoms with Gasteiger partial charge >= 0.3 is 0 Å². The van der Waals surface area contributed by atoms with Crippen LogP contribution in [0.2, 0.25) is 0 Å². The fraction of sp³-hybridized carbons (Fsp3) is 0.208. The molecule has 1 unspecified atom stereocenters. The molecule has 2 aromatic carbocycles. The summed E-state index contributed by atoms with van der Waals surface area (Å²) in [4.78, 5) is 40.0. The molecule has 2 N–H and O–H groups in total. The lowest BCUT2D eigenvalue weighted by molar-refractivity contribution is 0.0929. The van der Waals surface area contributed by atoms with E-state index in [1.165, 1.54) is 21.6 Å². The number of rotatable bonds is 3. The number of nitrogens with one attached hydrogen (secondary N) is 1. The lowest BCUT2D eigenvalue weighted by atomic mass is 10.0. The van der Waals surface area contributed by atoms with Crippen molar-refractivity contribution in [2.24, 2.45) is 0 Å². The van der Waals surface area contributed by atoms with Crippen molar-refractivity contribution >= 4 is 17.5 Å². The molecule has 0 saturated heterocycles. The highest BCUT2D eigenvalue weighted by Gasteiger charge is 2.38. The molecule has 0 radical (unpaired) electrons. The summed E-state index contributed by atoms with van der Waals surface area (Å²) in [7, 11) is 0. The van der Waals surface area contributed by atoms with Crippen LogP contribution in [0.3, 0.4) is 0 Å². The van der Waals surface area contributed by atoms with Crippen LogP contribution in [0, 0.1) is 23.3 Å². The first-order valence-corrected chi connectivity index (χ1v) is 10.7. The topological polar surface area (TPSA) is 91.6 Å². The number of hydrogen-bond acceptors (Lipinski definition) is 4. The van der Waals surface area contributed by atoms with Crippen molar-refractivity contribution in [1.82, 2.24) is 9.88 Å². The third-order valence-corrected chi connectivity index (χ3v) is 6.31. The zero-order valence-corrected chi connectivity index (χ0v) is 17.9. The number of aromatic hydroxyl groups is 1. The maximum atomic E-state index is 13.9. The zero-order chi connectivity index (χ0) is 25.0. The molecule has 5 rings (SSSR count). The molecule has 35 heavy (non-hydrogen) atoms. The van der Waals surface area contributed by atoms with Crippen LogP contribution in [0.15, 0.2) is 41.3 Å². The van der Waals surface area contributed by atoms with Crippen molar-refractivity contribution in [2.45, 2.75) is 25.4 Å². The fourth-order valence-electron chi connectivity index (χ4n) is 4.56. The minimum atomic E-state index is -1.21. The summed E-state index contributed by atoms with van der Waals surface area (Å²) in [6.45, 7) is -0.562. The van der Waals surface area contributed by atoms with Crippen LogP contribution < -0.4 is 15.6 Å². The van der Waals surface area contributed by atoms with E-state index in [4.69, 9.17) is 0 Å². The second-order valence-corrected chi connectivity index (χ2v) is 8.39. The number of aryl methyl sites for hydroxylation is 1. The average Bonchev–Trinajstić information content (AvgIpc) is 2.96. The zero-order valence-electron chi connectivity index (χ0n) is 17.9. The SMILES string of the molecule is O=C(NCc1c(F)cc(F)cc1F)c1cn2c(c(O)c1=O)C(=O)N1CC2CCc2ccc(F)cc21. The Labute approximate surface area is 195 Å². The molecule has 0 aliphatic carbocycles. The molecule has 11 heteroatoms. The number of fused-ring (bicyclic) bond motifs is 6. The molecule has 2 bridgehead atoms. The molecule has 2 aliphatic rings. The summed E-state index contributed by atoms with van der Waals surface area (Å²) in [5, 5.41) is 12.8. The van der Waals surface area contributed by atoms with Crippen molar-refractivity contribution in [3.05, 3.63) is 92.4 Å². The molecule has 0 fully saturated rings. The van der Waals surface area contributed by atoms with Gasteiger partial charge in [0.25, 0.3) is 11.8 Å². The van der Waals surface area contributed by atoms with Crippen LogP contribution in [0.5, 0.6) is 5.75 Å². The summed E-state index contributed by atoms with van der Waals surface area (Å²) in [6, 6.07) is 4.54. The van der Waals surface area contributed by atoms with Crippen molar-refractivity contribution < 1.29 is 32.3 Å². The third kappa shape index (κ3) is 3.72. The number of carbonyl (C=O) groups is 2. The molecule has 7 nitrogen and oxygen atoms in total. The van der Waals surface area contributed by atoms with Crippen LogP contribution in [0.1, 0.15) is 44.4 Å². The Balaban J connectivity index is 1.50. The van der Waals surface area contributed by atoms with Crippen molar-refractivity contribution in [3.8, 4) is 5.75 Å². The molecule has 2 aliphatic heterocycles. The Bertz CT molecular complexity index is 1450. The number of hydrogen-bond donors (Lipinski definition) is 2. The summed E-state index contributed by atoms with van der Waals surface area (Å²) in [5.74, 6) is -6.83. The Hall–Kier alpha value is -4.15. The van der Waals surface area contributed by atoms with Gasteiger partial charge in [-0.25, -0.2) is 17.6 Å². The predicted molar refractivity (Wildman–Crippen MR) is 115 cm³/mol. The number of halogens is 4. The second kappa shape index (κ2) is 8.26. The van der Waals surface area contributed by atoms with E-state index in [0.717, 1.165) is 11.8 Å². The normalized spacial score (nSPS) is 16.4. The number of benzene rings is 2. The van der Waals surface area contributed by atoms with Crippen LogP contribution in [-0.2, 0) is 13.0 Å². The van der Waals surface area contributed by atoms with Crippen LogP contribution in [0.4, 0.5) is 23.2 Å². The van der Waals surface area contributed by atoms with Crippen LogP contribution in [0.25, 0.3) is 0 Å². The highest BCUT2D eigenvalue weighted by molar-refractivity contribution is 6.08. The predicted octanol–water partition coefficient (Wildman–Crippen LogP) is 3.19. The minimum Gasteiger partial charge on any atom is -0.503 e. The van der Waals surface area contributed by atoms with Gasteiger partial charge in [-0.1, -0.05) is 6.07 Å². The van der Waals surface area contributed by atoms with Crippen molar-refractivity contribution in [3.63, 3.8) is 0 Å². The lowest BCUT2D eigenvalue weighted by Crippen LogP contribution is -2.44. The summed E-state index contributed by atoms with van der Waals surface area (Å²) >= 11 is 0. The Morgan fingerprint density at radius 3 is 2.49 bits per heavy atom. The number of aromatic nitrogens is 1. The monoisotopic (exact) mass is 487 g/mol. The standard InChI is InChI=1S/C24H17F4N3O4/c25-12-3-1-11-2-4-14-9-31(19(11)7-12)24(35)20-22(33)21(32)16(10-30(14)20)23(34)29-8-15-17(27)5-13(26)6-18(15)28/h1,3,5-7,10,14,33H,2,4,8-9H2,(H,29,34). The molecule has 180 valence electrons. The van der Waals surface area contributed by atoms with Gasteiger partial charge in [0.05, 0.1) is 11.7 Å². The molecule has 0 spiro atoms. The molecular weight excluding hydrogens is 470 g/mol. The average molecular weight is 487 g/mol. The summed E-state index contributed by atoms with van der Waals surface area (Å²) in [5.41, 5.74) is -1.57. The Morgan fingerprint density at radius 1 is 1.06 bits per heavy atom. The number of anilines is 1. The van der Waals surface area contributed by atoms with E-state index in [1.807, 2.05) is 0 Å². The largest absolute Gasteiger partial charge is 0.503 e. The van der Waals surface area contributed by atoms with E-state index in [1.54, 1.807) is 6.07 Å². The molecular formula is C24H17F4N3O4. The Morgan fingerprint density at radius 2 is 1.77 bits per heavy atom. The lowest BCUT2D eigenvalue weighted by Gasteiger charge is -2.35. The van der Waals surface area contributed by atoms with E-state index < -0.39 is 70.0 Å². The van der Waals surface area contributed by atoms with Crippen LogP contribution in [-0.4, -0.2) is 28.0 Å². The van der Waals surface area contributed by atoms with Gasteiger partial charge in [-0.05, 0) is 30.5 Å². The number of nitrogens with zero attached hydrogens (tertiary/aromatic N) is 2. The summed E-state index contributed by atoms with van der Waals surface area (Å²) in [6.07, 6.45) is 2.06. The smallest absolute Gasteiger partial charge is 0.279 e. The number of carbonyl (C=O) groups excluding carboxylic acids is 2. The Kier molecular flexibility index (Phi) is 5.34. The second-order valence-electron chi connectivity index (χ2n) is 8.39. The third-order valence-electron chi connectivity index (χ3n) is 6.31. The summed E-state index contributed by atoms with van der Waals surface area (Å²) < 4.78 is 56.1. The molecule has 1 aromatic heterocycles. The molecule has 3 heterocycles. The maximum Gasteiger partial charge on any atom is 0.279 e. The van der Waals surface area contributed by atoms with E-state index >= 15 is 0 Å². The van der Waals surface area contributed by atoms with E-state index in [0.29, 0.717) is 30.7 Å². The molecule has 3 aromatic rings. The van der Waals surface area contributed by atoms with Gasteiger partial charge in [0.2, 0.25) is 5.43 Å². The van der Waals surface area contributed by atoms with Crippen LogP contribution >= 0.6 is 0 Å². The van der Waals surface area contributed by atoms with Gasteiger partial charge in [0, 0.05) is 37.0 Å².